The molecule has 1 amide bonds. The van der Waals surface area contributed by atoms with Crippen LogP contribution in [0.25, 0.3) is 11.0 Å². The van der Waals surface area contributed by atoms with E-state index in [1.54, 1.807) is 0 Å². The summed E-state index contributed by atoms with van der Waals surface area (Å²) in [5, 5.41) is 2.82. The van der Waals surface area contributed by atoms with Gasteiger partial charge in [-0.05, 0) is 25.1 Å². The van der Waals surface area contributed by atoms with Crippen molar-refractivity contribution in [1.29, 1.82) is 0 Å². The molecule has 122 valence electrons. The number of nitrogens with one attached hydrogen (secondary N) is 1. The number of para-hydroxylation sites is 2. The van der Waals surface area contributed by atoms with E-state index >= 15 is 0 Å². The SMILES string of the molecule is Cc1cc(CNC(=O)c2cnc3ccccc3n2)nc(N(C)C)n1. The quantitative estimate of drug-likeness (QED) is 0.787. The molecule has 7 heteroatoms. The predicted molar refractivity (Wildman–Crippen MR) is 91.8 cm³/mol. The van der Waals surface area contributed by atoms with E-state index in [0.717, 1.165) is 16.9 Å². The number of rotatable bonds is 4. The van der Waals surface area contributed by atoms with Crippen LogP contribution in [-0.2, 0) is 6.54 Å². The Labute approximate surface area is 139 Å². The number of benzene rings is 1. The van der Waals surface area contributed by atoms with Crippen LogP contribution in [0.5, 0.6) is 0 Å². The number of hydrogen-bond donors (Lipinski definition) is 1. The van der Waals surface area contributed by atoms with Gasteiger partial charge in [-0.2, -0.15) is 0 Å². The highest BCUT2D eigenvalue weighted by atomic mass is 16.1. The Morgan fingerprint density at radius 2 is 1.88 bits per heavy atom. The van der Waals surface area contributed by atoms with Crippen LogP contribution in [-0.4, -0.2) is 39.9 Å². The molecule has 0 atom stereocenters. The van der Waals surface area contributed by atoms with Gasteiger partial charge in [0.25, 0.3) is 5.91 Å². The fraction of sp³-hybridized carbons (Fsp3) is 0.235. The zero-order valence-electron chi connectivity index (χ0n) is 13.8. The summed E-state index contributed by atoms with van der Waals surface area (Å²) in [6, 6.07) is 9.29. The molecule has 0 saturated carbocycles. The van der Waals surface area contributed by atoms with Gasteiger partial charge in [0.05, 0.1) is 29.5 Å². The molecule has 0 spiro atoms. The molecule has 3 rings (SSSR count). The number of aromatic nitrogens is 4. The molecule has 1 N–H and O–H groups in total. The molecule has 1 aromatic carbocycles. The van der Waals surface area contributed by atoms with E-state index in [2.05, 4.69) is 25.3 Å². The average molecular weight is 322 g/mol. The molecule has 0 radical (unpaired) electrons. The van der Waals surface area contributed by atoms with Crippen LogP contribution < -0.4 is 10.2 Å². The first-order chi connectivity index (χ1) is 11.5. The number of carbonyl (C=O) groups is 1. The Bertz CT molecular complexity index is 893. The summed E-state index contributed by atoms with van der Waals surface area (Å²) >= 11 is 0. The maximum absolute atomic E-state index is 12.3. The van der Waals surface area contributed by atoms with Crippen molar-refractivity contribution >= 4 is 22.9 Å². The van der Waals surface area contributed by atoms with Gasteiger partial charge in [0, 0.05) is 19.8 Å². The second kappa shape index (κ2) is 6.57. The predicted octanol–water partition coefficient (Wildman–Crippen LogP) is 1.72. The maximum atomic E-state index is 12.3. The van der Waals surface area contributed by atoms with Gasteiger partial charge in [0.1, 0.15) is 5.69 Å². The summed E-state index contributed by atoms with van der Waals surface area (Å²) < 4.78 is 0. The molecule has 0 bridgehead atoms. The molecule has 24 heavy (non-hydrogen) atoms. The van der Waals surface area contributed by atoms with E-state index in [-0.39, 0.29) is 11.6 Å². The van der Waals surface area contributed by atoms with Crippen molar-refractivity contribution in [3.63, 3.8) is 0 Å². The lowest BCUT2D eigenvalue weighted by Gasteiger charge is -2.12. The molecular formula is C17H18N6O. The minimum Gasteiger partial charge on any atom is -0.347 e. The molecule has 7 nitrogen and oxygen atoms in total. The van der Waals surface area contributed by atoms with Gasteiger partial charge in [0.15, 0.2) is 0 Å². The first kappa shape index (κ1) is 15.8. The lowest BCUT2D eigenvalue weighted by atomic mass is 10.3. The Kier molecular flexibility index (Phi) is 4.33. The molecule has 0 saturated heterocycles. The normalized spacial score (nSPS) is 10.6. The Morgan fingerprint density at radius 3 is 2.62 bits per heavy atom. The van der Waals surface area contributed by atoms with Crippen molar-refractivity contribution in [2.24, 2.45) is 0 Å². The van der Waals surface area contributed by atoms with Crippen LogP contribution in [0.2, 0.25) is 0 Å². The number of fused-ring (bicyclic) bond motifs is 1. The van der Waals surface area contributed by atoms with Gasteiger partial charge < -0.3 is 10.2 Å². The van der Waals surface area contributed by atoms with E-state index in [4.69, 9.17) is 0 Å². The largest absolute Gasteiger partial charge is 0.347 e. The Hall–Kier alpha value is -3.09. The monoisotopic (exact) mass is 322 g/mol. The summed E-state index contributed by atoms with van der Waals surface area (Å²) in [6.07, 6.45) is 1.48. The smallest absolute Gasteiger partial charge is 0.271 e. The van der Waals surface area contributed by atoms with E-state index in [9.17, 15) is 4.79 Å². The van der Waals surface area contributed by atoms with Crippen LogP contribution in [0.4, 0.5) is 5.95 Å². The van der Waals surface area contributed by atoms with Gasteiger partial charge in [-0.25, -0.2) is 15.0 Å². The molecule has 0 unspecified atom stereocenters. The van der Waals surface area contributed by atoms with E-state index in [0.29, 0.717) is 18.0 Å². The fourth-order valence-corrected chi connectivity index (χ4v) is 2.24. The Morgan fingerprint density at radius 1 is 1.12 bits per heavy atom. The van der Waals surface area contributed by atoms with Crippen molar-refractivity contribution in [2.45, 2.75) is 13.5 Å². The molecule has 0 aliphatic rings. The number of hydrogen-bond acceptors (Lipinski definition) is 6. The number of aryl methyl sites for hydroxylation is 1. The molecule has 2 aromatic heterocycles. The maximum Gasteiger partial charge on any atom is 0.271 e. The highest BCUT2D eigenvalue weighted by Crippen LogP contribution is 2.09. The summed E-state index contributed by atoms with van der Waals surface area (Å²) in [4.78, 5) is 31.5. The Balaban J connectivity index is 1.75. The van der Waals surface area contributed by atoms with Gasteiger partial charge >= 0.3 is 0 Å². The van der Waals surface area contributed by atoms with Gasteiger partial charge in [-0.3, -0.25) is 9.78 Å². The second-order valence-electron chi connectivity index (χ2n) is 5.62. The van der Waals surface area contributed by atoms with Crippen molar-refractivity contribution in [3.05, 3.63) is 53.6 Å². The molecule has 3 aromatic rings. The number of amides is 1. The third-order valence-electron chi connectivity index (χ3n) is 3.41. The third-order valence-corrected chi connectivity index (χ3v) is 3.41. The topological polar surface area (TPSA) is 83.9 Å². The lowest BCUT2D eigenvalue weighted by molar-refractivity contribution is 0.0945. The summed E-state index contributed by atoms with van der Waals surface area (Å²) in [5.74, 6) is 0.334. The van der Waals surface area contributed by atoms with Crippen LogP contribution in [0.1, 0.15) is 21.9 Å². The van der Waals surface area contributed by atoms with Crippen molar-refractivity contribution < 1.29 is 4.79 Å². The van der Waals surface area contributed by atoms with E-state index in [1.807, 2.05) is 56.3 Å². The minimum atomic E-state index is -0.282. The molecule has 2 heterocycles. The van der Waals surface area contributed by atoms with Crippen LogP contribution in [0.3, 0.4) is 0 Å². The van der Waals surface area contributed by atoms with Crippen LogP contribution in [0, 0.1) is 6.92 Å². The first-order valence-corrected chi connectivity index (χ1v) is 7.55. The fourth-order valence-electron chi connectivity index (χ4n) is 2.24. The minimum absolute atomic E-state index is 0.282. The third kappa shape index (κ3) is 3.45. The number of nitrogens with zero attached hydrogens (tertiary/aromatic N) is 5. The lowest BCUT2D eigenvalue weighted by Crippen LogP contribution is -2.25. The highest BCUT2D eigenvalue weighted by molar-refractivity contribution is 5.93. The zero-order chi connectivity index (χ0) is 17.1. The molecule has 0 aliphatic heterocycles. The first-order valence-electron chi connectivity index (χ1n) is 7.55. The summed E-state index contributed by atoms with van der Waals surface area (Å²) in [7, 11) is 3.75. The van der Waals surface area contributed by atoms with E-state index in [1.165, 1.54) is 6.20 Å². The number of carbonyl (C=O) groups excluding carboxylic acids is 1. The second-order valence-corrected chi connectivity index (χ2v) is 5.62. The van der Waals surface area contributed by atoms with Crippen molar-refractivity contribution in [2.75, 3.05) is 19.0 Å². The van der Waals surface area contributed by atoms with Gasteiger partial charge in [-0.15, -0.1) is 0 Å². The summed E-state index contributed by atoms with van der Waals surface area (Å²) in [6.45, 7) is 2.20. The number of anilines is 1. The van der Waals surface area contributed by atoms with E-state index < -0.39 is 0 Å². The van der Waals surface area contributed by atoms with Gasteiger partial charge in [0.2, 0.25) is 5.95 Å². The zero-order valence-corrected chi connectivity index (χ0v) is 13.8. The van der Waals surface area contributed by atoms with Crippen molar-refractivity contribution in [1.82, 2.24) is 25.3 Å². The van der Waals surface area contributed by atoms with Crippen molar-refractivity contribution in [3.8, 4) is 0 Å². The standard InChI is InChI=1S/C17H18N6O/c1-11-8-12(21-17(20-11)23(2)3)9-19-16(24)15-10-18-13-6-4-5-7-14(13)22-15/h4-8,10H,9H2,1-3H3,(H,19,24). The van der Waals surface area contributed by atoms with Crippen LogP contribution in [0.15, 0.2) is 36.5 Å². The molecule has 0 fully saturated rings. The highest BCUT2D eigenvalue weighted by Gasteiger charge is 2.10. The summed E-state index contributed by atoms with van der Waals surface area (Å²) in [5.41, 5.74) is 3.33. The van der Waals surface area contributed by atoms with Crippen LogP contribution >= 0.6 is 0 Å². The average Bonchev–Trinajstić information content (AvgIpc) is 2.58. The molecular weight excluding hydrogens is 304 g/mol. The van der Waals surface area contributed by atoms with Gasteiger partial charge in [-0.1, -0.05) is 12.1 Å². The molecule has 0 aliphatic carbocycles.